The maximum atomic E-state index is 6.09. The van der Waals surface area contributed by atoms with Crippen LogP contribution in [0.1, 0.15) is 27.7 Å². The average Bonchev–Trinajstić information content (AvgIpc) is 1.96. The van der Waals surface area contributed by atoms with Crippen LogP contribution in [-0.2, 0) is 0 Å². The third-order valence-corrected chi connectivity index (χ3v) is 7.65. The first-order valence-corrected chi connectivity index (χ1v) is 7.83. The predicted molar refractivity (Wildman–Crippen MR) is 68.6 cm³/mol. The first kappa shape index (κ1) is 14.3. The van der Waals surface area contributed by atoms with Crippen LogP contribution in [0.15, 0.2) is 0 Å². The lowest BCUT2D eigenvalue weighted by Crippen LogP contribution is -2.25. The van der Waals surface area contributed by atoms with E-state index in [4.69, 9.17) is 34.8 Å². The van der Waals surface area contributed by atoms with Gasteiger partial charge in [0, 0.05) is 7.92 Å². The van der Waals surface area contributed by atoms with Crippen LogP contribution in [0.3, 0.4) is 0 Å². The molecule has 0 aromatic carbocycles. The average molecular weight is 265 g/mol. The van der Waals surface area contributed by atoms with E-state index in [1.807, 2.05) is 13.8 Å². The van der Waals surface area contributed by atoms with Crippen molar-refractivity contribution in [3.63, 3.8) is 0 Å². The summed E-state index contributed by atoms with van der Waals surface area (Å²) < 4.78 is -0.601. The van der Waals surface area contributed by atoms with Crippen LogP contribution in [0.4, 0.5) is 0 Å². The third kappa shape index (κ3) is 5.67. The molecule has 0 rings (SSSR count). The highest BCUT2D eigenvalue weighted by Gasteiger charge is 2.37. The molecule has 0 bridgehead atoms. The molecule has 0 aliphatic rings. The fourth-order valence-corrected chi connectivity index (χ4v) is 5.56. The van der Waals surface area contributed by atoms with Crippen LogP contribution in [0.2, 0.25) is 0 Å². The Morgan fingerprint density at radius 3 is 2.00 bits per heavy atom. The summed E-state index contributed by atoms with van der Waals surface area (Å²) in [7, 11) is -0.514. The molecule has 0 amide bonds. The van der Waals surface area contributed by atoms with Crippen molar-refractivity contribution >= 4 is 42.7 Å². The van der Waals surface area contributed by atoms with Gasteiger partial charge in [-0.3, -0.25) is 0 Å². The van der Waals surface area contributed by atoms with Crippen LogP contribution in [0.25, 0.3) is 0 Å². The first-order valence-electron chi connectivity index (χ1n) is 4.65. The second-order valence-electron chi connectivity index (χ2n) is 3.67. The molecule has 80 valence electrons. The van der Waals surface area contributed by atoms with Crippen molar-refractivity contribution in [3.05, 3.63) is 0 Å². The molecule has 0 saturated heterocycles. The van der Waals surface area contributed by atoms with Crippen molar-refractivity contribution in [2.45, 2.75) is 43.1 Å². The summed E-state index contributed by atoms with van der Waals surface area (Å²) in [5, 5.41) is 0.243. The van der Waals surface area contributed by atoms with Gasteiger partial charge in [0.05, 0.1) is 23.4 Å². The number of halogens is 3. The lowest BCUT2D eigenvalue weighted by atomic mass is 10.3. The largest absolute Gasteiger partial charge is 0.150 e. The molecule has 0 spiro atoms. The zero-order valence-corrected chi connectivity index (χ0v) is 12.0. The number of alkyl halides is 3. The van der Waals surface area contributed by atoms with Gasteiger partial charge in [-0.1, -0.05) is 23.2 Å². The van der Waals surface area contributed by atoms with E-state index in [-0.39, 0.29) is 5.38 Å². The molecule has 0 aromatic heterocycles. The number of hydrogen-bond donors (Lipinski definition) is 0. The molecule has 0 aliphatic heterocycles. The van der Waals surface area contributed by atoms with Crippen LogP contribution >= 0.6 is 42.7 Å². The van der Waals surface area contributed by atoms with E-state index in [1.54, 1.807) is 0 Å². The Morgan fingerprint density at radius 1 is 1.31 bits per heavy atom. The van der Waals surface area contributed by atoms with E-state index in [0.717, 1.165) is 6.16 Å². The summed E-state index contributed by atoms with van der Waals surface area (Å²) in [6.07, 6.45) is 2.26. The summed E-state index contributed by atoms with van der Waals surface area (Å²) in [5.41, 5.74) is 0.382. The lowest BCUT2D eigenvalue weighted by Gasteiger charge is -2.25. The molecule has 3 unspecified atom stereocenters. The van der Waals surface area contributed by atoms with Crippen molar-refractivity contribution in [1.29, 1.82) is 0 Å². The predicted octanol–water partition coefficient (Wildman–Crippen LogP) is 4.43. The van der Waals surface area contributed by atoms with Gasteiger partial charge in [-0.15, -0.1) is 11.6 Å². The van der Waals surface area contributed by atoms with E-state index in [2.05, 4.69) is 13.8 Å². The van der Waals surface area contributed by atoms with Crippen LogP contribution < -0.4 is 0 Å². The fourth-order valence-electron chi connectivity index (χ4n) is 1.35. The highest BCUT2D eigenvalue weighted by molar-refractivity contribution is 7.58. The fraction of sp³-hybridized carbons (Fsp3) is 1.00. The van der Waals surface area contributed by atoms with Crippen LogP contribution in [0, 0.1) is 0 Å². The maximum absolute atomic E-state index is 6.09. The maximum Gasteiger partial charge on any atom is 0.150 e. The summed E-state index contributed by atoms with van der Waals surface area (Å²) in [6, 6.07) is 0. The quantitative estimate of drug-likeness (QED) is 0.509. The van der Waals surface area contributed by atoms with E-state index >= 15 is 0 Å². The molecule has 0 saturated carbocycles. The highest BCUT2D eigenvalue weighted by atomic mass is 35.5. The number of hydrogen-bond acceptors (Lipinski definition) is 0. The minimum Gasteiger partial charge on any atom is -0.119 e. The zero-order chi connectivity index (χ0) is 10.6. The molecule has 13 heavy (non-hydrogen) atoms. The monoisotopic (exact) mass is 263 g/mol. The summed E-state index contributed by atoms with van der Waals surface area (Å²) in [5.74, 6) is 0. The van der Waals surface area contributed by atoms with Crippen LogP contribution in [-0.4, -0.2) is 27.7 Å². The molecule has 3 atom stereocenters. The van der Waals surface area contributed by atoms with Gasteiger partial charge in [-0.05, 0) is 27.7 Å². The van der Waals surface area contributed by atoms with Crippen molar-refractivity contribution in [1.82, 2.24) is 0 Å². The Balaban J connectivity index is 4.23. The summed E-state index contributed by atoms with van der Waals surface area (Å²) in [4.78, 5) is 0. The van der Waals surface area contributed by atoms with Crippen molar-refractivity contribution in [2.24, 2.45) is 0 Å². The Hall–Kier alpha value is 1.30. The van der Waals surface area contributed by atoms with Crippen molar-refractivity contribution < 1.29 is 0 Å². The second kappa shape index (κ2) is 6.01. The molecule has 0 heterocycles. The van der Waals surface area contributed by atoms with Gasteiger partial charge in [0.15, 0.2) is 4.33 Å². The van der Waals surface area contributed by atoms with E-state index in [9.17, 15) is 0 Å². The molecule has 0 N–H and O–H groups in total. The molecule has 0 aromatic rings. The van der Waals surface area contributed by atoms with Gasteiger partial charge in [0.25, 0.3) is 0 Å². The van der Waals surface area contributed by atoms with Crippen molar-refractivity contribution in [2.75, 3.05) is 12.3 Å². The van der Waals surface area contributed by atoms with Gasteiger partial charge in [-0.2, -0.15) is 0 Å². The molecule has 0 nitrogen and oxygen atoms in total. The molecular formula is C9H19Cl3P+. The Kier molecular flexibility index (Phi) is 6.61. The lowest BCUT2D eigenvalue weighted by molar-refractivity contribution is 0.822. The minimum atomic E-state index is -0.601. The van der Waals surface area contributed by atoms with Gasteiger partial charge in [0.2, 0.25) is 0 Å². The van der Waals surface area contributed by atoms with E-state index in [1.165, 1.54) is 6.16 Å². The van der Waals surface area contributed by atoms with Crippen molar-refractivity contribution in [3.8, 4) is 0 Å². The molecular weight excluding hydrogens is 245 g/mol. The molecule has 4 heteroatoms. The Morgan fingerprint density at radius 2 is 1.77 bits per heavy atom. The highest BCUT2D eigenvalue weighted by Crippen LogP contribution is 2.50. The van der Waals surface area contributed by atoms with Crippen LogP contribution in [0.5, 0.6) is 0 Å². The van der Waals surface area contributed by atoms with Gasteiger partial charge >= 0.3 is 0 Å². The van der Waals surface area contributed by atoms with E-state index in [0.29, 0.717) is 5.66 Å². The standard InChI is InChI=1S/C9H18Cl3P/c1-5-13(6-7(2)10)8(3)9(4,11)12/h7-8H,5-6H2,1-4H3/p+1. The topological polar surface area (TPSA) is 0 Å². The van der Waals surface area contributed by atoms with Gasteiger partial charge in [-0.25, -0.2) is 0 Å². The SMILES string of the molecule is CC[PH+](CC(C)Cl)C(C)C(C)(Cl)Cl. The Labute approximate surface area is 98.1 Å². The number of rotatable bonds is 5. The van der Waals surface area contributed by atoms with Gasteiger partial charge < -0.3 is 0 Å². The van der Waals surface area contributed by atoms with E-state index < -0.39 is 12.3 Å². The molecule has 0 fully saturated rings. The first-order chi connectivity index (χ1) is 5.79. The zero-order valence-electron chi connectivity index (χ0n) is 8.70. The smallest absolute Gasteiger partial charge is 0.119 e. The Bertz CT molecular complexity index is 142. The summed E-state index contributed by atoms with van der Waals surface area (Å²) >= 11 is 18.2. The second-order valence-corrected chi connectivity index (χ2v) is 9.48. The third-order valence-electron chi connectivity index (χ3n) is 2.37. The molecule has 0 radical (unpaired) electrons. The van der Waals surface area contributed by atoms with Gasteiger partial charge in [0.1, 0.15) is 0 Å². The summed E-state index contributed by atoms with van der Waals surface area (Å²) in [6.45, 7) is 8.25. The normalized spacial score (nSPS) is 19.6. The minimum absolute atomic E-state index is 0.243. The molecule has 0 aliphatic carbocycles.